The molecule has 2 aromatic carbocycles. The summed E-state index contributed by atoms with van der Waals surface area (Å²) in [4.78, 5) is 25.4. The molecular formula is C20H19Cl2NO4. The van der Waals surface area contributed by atoms with Gasteiger partial charge >= 0.3 is 5.97 Å². The molecule has 27 heavy (non-hydrogen) atoms. The Hall–Kier alpha value is -2.24. The number of ether oxygens (including phenoxy) is 1. The Labute approximate surface area is 167 Å². The Bertz CT molecular complexity index is 884. The molecule has 7 heteroatoms. The van der Waals surface area contributed by atoms with Crippen molar-refractivity contribution in [1.29, 1.82) is 0 Å². The van der Waals surface area contributed by atoms with E-state index in [1.807, 2.05) is 11.8 Å². The van der Waals surface area contributed by atoms with Gasteiger partial charge in [-0.2, -0.15) is 0 Å². The van der Waals surface area contributed by atoms with Crippen molar-refractivity contribution in [3.63, 3.8) is 0 Å². The molecule has 142 valence electrons. The first-order valence-corrected chi connectivity index (χ1v) is 9.37. The molecule has 2 aromatic rings. The normalized spacial score (nSPS) is 16.4. The van der Waals surface area contributed by atoms with E-state index in [2.05, 4.69) is 0 Å². The van der Waals surface area contributed by atoms with Crippen LogP contribution in [0, 0.1) is 0 Å². The molecule has 1 aliphatic rings. The van der Waals surface area contributed by atoms with Gasteiger partial charge < -0.3 is 14.7 Å². The van der Waals surface area contributed by atoms with E-state index in [4.69, 9.17) is 33.0 Å². The number of halogens is 2. The summed E-state index contributed by atoms with van der Waals surface area (Å²) in [6.07, 6.45) is 1.99. The van der Waals surface area contributed by atoms with Crippen LogP contribution in [0.4, 0.5) is 0 Å². The molecule has 1 unspecified atom stereocenters. The summed E-state index contributed by atoms with van der Waals surface area (Å²) in [5.41, 5.74) is 1.75. The van der Waals surface area contributed by atoms with Gasteiger partial charge in [0.05, 0.1) is 10.6 Å². The monoisotopic (exact) mass is 407 g/mol. The number of carboxylic acids is 1. The second-order valence-corrected chi connectivity index (χ2v) is 7.35. The Morgan fingerprint density at radius 2 is 2.00 bits per heavy atom. The molecule has 1 saturated heterocycles. The van der Waals surface area contributed by atoms with E-state index >= 15 is 0 Å². The van der Waals surface area contributed by atoms with Crippen LogP contribution in [0.15, 0.2) is 36.4 Å². The number of hydrogen-bond donors (Lipinski definition) is 1. The van der Waals surface area contributed by atoms with Crippen LogP contribution in [0.5, 0.6) is 5.75 Å². The molecule has 0 aliphatic carbocycles. The summed E-state index contributed by atoms with van der Waals surface area (Å²) < 4.78 is 5.34. The van der Waals surface area contributed by atoms with Gasteiger partial charge in [0.2, 0.25) is 0 Å². The number of carbonyl (C=O) groups is 2. The molecular weight excluding hydrogens is 389 g/mol. The molecule has 1 N–H and O–H groups in total. The van der Waals surface area contributed by atoms with Gasteiger partial charge in [0, 0.05) is 23.2 Å². The second-order valence-electron chi connectivity index (χ2n) is 6.51. The molecule has 0 saturated carbocycles. The van der Waals surface area contributed by atoms with Crippen molar-refractivity contribution in [2.24, 2.45) is 0 Å². The summed E-state index contributed by atoms with van der Waals surface area (Å²) in [5, 5.41) is 9.66. The summed E-state index contributed by atoms with van der Waals surface area (Å²) in [7, 11) is 0. The second kappa shape index (κ2) is 8.19. The van der Waals surface area contributed by atoms with Crippen LogP contribution >= 0.6 is 23.2 Å². The van der Waals surface area contributed by atoms with Gasteiger partial charge in [-0.15, -0.1) is 0 Å². The first kappa shape index (κ1) is 19.5. The maximum absolute atomic E-state index is 12.8. The third-order valence-corrected chi connectivity index (χ3v) is 5.16. The van der Waals surface area contributed by atoms with Crippen molar-refractivity contribution in [3.8, 4) is 16.9 Å². The quantitative estimate of drug-likeness (QED) is 0.776. The smallest absolute Gasteiger partial charge is 0.341 e. The van der Waals surface area contributed by atoms with Crippen LogP contribution in [0.25, 0.3) is 11.1 Å². The number of benzene rings is 2. The zero-order valence-corrected chi connectivity index (χ0v) is 16.3. The molecule has 1 amide bonds. The lowest BCUT2D eigenvalue weighted by Gasteiger charge is -2.22. The fraction of sp³-hybridized carbons (Fsp3) is 0.300. The molecule has 1 fully saturated rings. The van der Waals surface area contributed by atoms with E-state index in [0.29, 0.717) is 32.5 Å². The number of hydrogen-bond acceptors (Lipinski definition) is 3. The van der Waals surface area contributed by atoms with Crippen molar-refractivity contribution in [1.82, 2.24) is 4.90 Å². The maximum atomic E-state index is 12.8. The van der Waals surface area contributed by atoms with E-state index < -0.39 is 12.6 Å². The number of rotatable bonds is 5. The van der Waals surface area contributed by atoms with E-state index in [1.54, 1.807) is 36.4 Å². The molecule has 1 heterocycles. The molecule has 0 radical (unpaired) electrons. The van der Waals surface area contributed by atoms with Crippen molar-refractivity contribution >= 4 is 35.1 Å². The third-order valence-electron chi connectivity index (χ3n) is 4.62. The number of amides is 1. The van der Waals surface area contributed by atoms with Gasteiger partial charge in [-0.25, -0.2) is 4.79 Å². The van der Waals surface area contributed by atoms with Crippen molar-refractivity contribution in [2.75, 3.05) is 13.2 Å². The van der Waals surface area contributed by atoms with Crippen molar-refractivity contribution < 1.29 is 19.4 Å². The first-order valence-electron chi connectivity index (χ1n) is 8.62. The fourth-order valence-electron chi connectivity index (χ4n) is 3.24. The van der Waals surface area contributed by atoms with Gasteiger partial charge in [0.25, 0.3) is 5.91 Å². The van der Waals surface area contributed by atoms with E-state index in [9.17, 15) is 9.59 Å². The average molecular weight is 408 g/mol. The SMILES string of the molecule is CC1CCCN1C(=O)c1ccc(-c2cc(Cl)ccc2OCC(=O)O)cc1Cl. The van der Waals surface area contributed by atoms with Crippen LogP contribution < -0.4 is 4.74 Å². The zero-order chi connectivity index (χ0) is 19.6. The minimum Gasteiger partial charge on any atom is -0.481 e. The van der Waals surface area contributed by atoms with Gasteiger partial charge in [0.15, 0.2) is 6.61 Å². The van der Waals surface area contributed by atoms with Crippen LogP contribution in [0.2, 0.25) is 10.0 Å². The molecule has 0 spiro atoms. The summed E-state index contributed by atoms with van der Waals surface area (Å²) >= 11 is 12.5. The zero-order valence-electron chi connectivity index (χ0n) is 14.7. The summed E-state index contributed by atoms with van der Waals surface area (Å²) in [6, 6.07) is 10.2. The lowest BCUT2D eigenvalue weighted by molar-refractivity contribution is -0.139. The molecule has 0 aromatic heterocycles. The van der Waals surface area contributed by atoms with Crippen LogP contribution in [-0.4, -0.2) is 41.1 Å². The molecule has 3 rings (SSSR count). The Kier molecular flexibility index (Phi) is 5.92. The predicted octanol–water partition coefficient (Wildman–Crippen LogP) is 4.75. The molecule has 1 aliphatic heterocycles. The molecule has 5 nitrogen and oxygen atoms in total. The van der Waals surface area contributed by atoms with Crippen LogP contribution in [-0.2, 0) is 4.79 Å². The van der Waals surface area contributed by atoms with E-state index in [1.165, 1.54) is 0 Å². The largest absolute Gasteiger partial charge is 0.481 e. The minimum absolute atomic E-state index is 0.0787. The Morgan fingerprint density at radius 1 is 1.22 bits per heavy atom. The van der Waals surface area contributed by atoms with Crippen molar-refractivity contribution in [2.45, 2.75) is 25.8 Å². The van der Waals surface area contributed by atoms with Crippen molar-refractivity contribution in [3.05, 3.63) is 52.0 Å². The van der Waals surface area contributed by atoms with E-state index in [0.717, 1.165) is 19.4 Å². The van der Waals surface area contributed by atoms with Gasteiger partial charge in [-0.1, -0.05) is 29.3 Å². The van der Waals surface area contributed by atoms with E-state index in [-0.39, 0.29) is 11.9 Å². The topological polar surface area (TPSA) is 66.8 Å². The van der Waals surface area contributed by atoms with Crippen LogP contribution in [0.3, 0.4) is 0 Å². The third kappa shape index (κ3) is 4.37. The molecule has 1 atom stereocenters. The van der Waals surface area contributed by atoms with Gasteiger partial charge in [-0.05, 0) is 55.7 Å². The number of nitrogens with zero attached hydrogens (tertiary/aromatic N) is 1. The standard InChI is InChI=1S/C20H19Cl2NO4/c1-12-3-2-8-23(12)20(26)15-6-4-13(9-17(15)22)16-10-14(21)5-7-18(16)27-11-19(24)25/h4-7,9-10,12H,2-3,8,11H2,1H3,(H,24,25). The lowest BCUT2D eigenvalue weighted by atomic mass is 10.0. The first-order chi connectivity index (χ1) is 12.9. The highest BCUT2D eigenvalue weighted by molar-refractivity contribution is 6.34. The number of likely N-dealkylation sites (tertiary alicyclic amines) is 1. The Morgan fingerprint density at radius 3 is 2.63 bits per heavy atom. The highest BCUT2D eigenvalue weighted by Gasteiger charge is 2.27. The maximum Gasteiger partial charge on any atom is 0.341 e. The Balaban J connectivity index is 1.92. The summed E-state index contributed by atoms with van der Waals surface area (Å²) in [6.45, 7) is 2.30. The summed E-state index contributed by atoms with van der Waals surface area (Å²) in [5.74, 6) is -0.773. The number of carboxylic acid groups (broad SMARTS) is 1. The lowest BCUT2D eigenvalue weighted by Crippen LogP contribution is -2.33. The highest BCUT2D eigenvalue weighted by atomic mass is 35.5. The van der Waals surface area contributed by atoms with Crippen LogP contribution in [0.1, 0.15) is 30.1 Å². The number of carbonyl (C=O) groups excluding carboxylic acids is 1. The highest BCUT2D eigenvalue weighted by Crippen LogP contribution is 2.35. The minimum atomic E-state index is -1.07. The van der Waals surface area contributed by atoms with Gasteiger partial charge in [0.1, 0.15) is 5.75 Å². The van der Waals surface area contributed by atoms with Gasteiger partial charge in [-0.3, -0.25) is 4.79 Å². The average Bonchev–Trinajstić information content (AvgIpc) is 3.06. The predicted molar refractivity (Wildman–Crippen MR) is 105 cm³/mol. The number of aliphatic carboxylic acids is 1. The fourth-order valence-corrected chi connectivity index (χ4v) is 3.67. The molecule has 0 bridgehead atoms.